The van der Waals surface area contributed by atoms with Gasteiger partial charge in [0.05, 0.1) is 6.61 Å². The molecule has 90 valence electrons. The summed E-state index contributed by atoms with van der Waals surface area (Å²) in [7, 11) is 0. The third-order valence-electron chi connectivity index (χ3n) is 3.69. The average Bonchev–Trinajstić information content (AvgIpc) is 3.00. The maximum Gasteiger partial charge on any atom is 0.511 e. The van der Waals surface area contributed by atoms with E-state index in [0.717, 1.165) is 12.8 Å². The number of rotatable bonds is 0. The molecule has 4 rings (SSSR count). The van der Waals surface area contributed by atoms with Crippen LogP contribution in [0.1, 0.15) is 25.7 Å². The molecule has 17 heavy (non-hydrogen) atoms. The Hall–Kier alpha value is -1.26. The van der Waals surface area contributed by atoms with Crippen molar-refractivity contribution in [1.82, 2.24) is 0 Å². The van der Waals surface area contributed by atoms with E-state index >= 15 is 0 Å². The van der Waals surface area contributed by atoms with E-state index in [1.165, 1.54) is 12.8 Å². The summed E-state index contributed by atoms with van der Waals surface area (Å²) >= 11 is 0. The highest BCUT2D eigenvalue weighted by Gasteiger charge is 2.59. The zero-order chi connectivity index (χ0) is 11.3. The van der Waals surface area contributed by atoms with Crippen molar-refractivity contribution in [2.24, 2.45) is 0 Å². The van der Waals surface area contributed by atoms with Crippen LogP contribution in [-0.4, -0.2) is 18.4 Å². The highest BCUT2D eigenvalue weighted by Crippen LogP contribution is 2.48. The van der Waals surface area contributed by atoms with Crippen molar-refractivity contribution in [3.05, 3.63) is 24.3 Å². The zero-order valence-corrected chi connectivity index (χ0v) is 9.48. The Labute approximate surface area is 99.4 Å². The van der Waals surface area contributed by atoms with E-state index < -0.39 is 6.16 Å². The van der Waals surface area contributed by atoms with Gasteiger partial charge in [-0.05, 0) is 25.0 Å². The molecule has 2 heterocycles. The summed E-state index contributed by atoms with van der Waals surface area (Å²) in [6.45, 7) is 0.557. The van der Waals surface area contributed by atoms with E-state index in [0.29, 0.717) is 18.1 Å². The number of ether oxygens (including phenoxy) is 4. The molecule has 1 saturated carbocycles. The first-order valence-corrected chi connectivity index (χ1v) is 6.11. The second kappa shape index (κ2) is 3.15. The van der Waals surface area contributed by atoms with Crippen molar-refractivity contribution in [3.8, 4) is 11.5 Å². The van der Waals surface area contributed by atoms with Gasteiger partial charge in [-0.2, -0.15) is 0 Å². The number of hydrogen-bond acceptors (Lipinski definition) is 4. The average molecular weight is 234 g/mol. The molecule has 0 N–H and O–H groups in total. The Kier molecular flexibility index (Phi) is 1.80. The minimum atomic E-state index is -1.33. The number of benzene rings is 1. The molecule has 2 fully saturated rings. The standard InChI is InChI=1S/C13H14O4/c1-2-6-11-10(5-1)15-13(16-11)14-9-12(17-13)7-3-4-8-12/h1-2,5-6H,3-4,7-9H2. The smallest absolute Gasteiger partial charge is 0.403 e. The summed E-state index contributed by atoms with van der Waals surface area (Å²) in [6.07, 6.45) is 3.10. The van der Waals surface area contributed by atoms with Crippen LogP contribution in [0.5, 0.6) is 11.5 Å². The summed E-state index contributed by atoms with van der Waals surface area (Å²) in [5, 5.41) is 0. The summed E-state index contributed by atoms with van der Waals surface area (Å²) in [5.74, 6) is 1.37. The fourth-order valence-electron chi connectivity index (χ4n) is 2.82. The van der Waals surface area contributed by atoms with Crippen molar-refractivity contribution in [2.45, 2.75) is 37.4 Å². The van der Waals surface area contributed by atoms with Gasteiger partial charge in [0.25, 0.3) is 0 Å². The highest BCUT2D eigenvalue weighted by molar-refractivity contribution is 5.42. The molecular formula is C13H14O4. The van der Waals surface area contributed by atoms with Gasteiger partial charge in [0, 0.05) is 0 Å². The van der Waals surface area contributed by atoms with E-state index in [1.54, 1.807) is 0 Å². The normalized spacial score (nSPS) is 27.1. The Bertz CT molecular complexity index is 425. The minimum absolute atomic E-state index is 0.192. The lowest BCUT2D eigenvalue weighted by Gasteiger charge is -2.23. The fraction of sp³-hybridized carbons (Fsp3) is 0.538. The molecule has 4 heteroatoms. The lowest BCUT2D eigenvalue weighted by molar-refractivity contribution is -0.391. The summed E-state index contributed by atoms with van der Waals surface area (Å²) < 4.78 is 23.0. The Morgan fingerprint density at radius 1 is 0.941 bits per heavy atom. The van der Waals surface area contributed by atoms with Crippen molar-refractivity contribution >= 4 is 0 Å². The van der Waals surface area contributed by atoms with Gasteiger partial charge in [-0.3, -0.25) is 9.47 Å². The van der Waals surface area contributed by atoms with E-state index in [9.17, 15) is 0 Å². The summed E-state index contributed by atoms with van der Waals surface area (Å²) in [6, 6.07) is 7.52. The molecule has 0 unspecified atom stereocenters. The molecule has 1 aromatic rings. The minimum Gasteiger partial charge on any atom is -0.403 e. The molecule has 2 spiro atoms. The van der Waals surface area contributed by atoms with Crippen LogP contribution >= 0.6 is 0 Å². The van der Waals surface area contributed by atoms with Gasteiger partial charge in [0.1, 0.15) is 5.60 Å². The zero-order valence-electron chi connectivity index (χ0n) is 9.48. The summed E-state index contributed by atoms with van der Waals surface area (Å²) in [5.41, 5.74) is -0.192. The van der Waals surface area contributed by atoms with E-state index in [-0.39, 0.29) is 5.60 Å². The van der Waals surface area contributed by atoms with Crippen LogP contribution in [-0.2, 0) is 9.47 Å². The third kappa shape index (κ3) is 1.37. The Morgan fingerprint density at radius 3 is 2.24 bits per heavy atom. The van der Waals surface area contributed by atoms with Crippen molar-refractivity contribution in [1.29, 1.82) is 0 Å². The van der Waals surface area contributed by atoms with E-state index in [2.05, 4.69) is 0 Å². The van der Waals surface area contributed by atoms with Gasteiger partial charge in [-0.1, -0.05) is 25.0 Å². The van der Waals surface area contributed by atoms with Crippen molar-refractivity contribution in [2.75, 3.05) is 6.61 Å². The topological polar surface area (TPSA) is 36.9 Å². The lowest BCUT2D eigenvalue weighted by Crippen LogP contribution is -2.42. The maximum atomic E-state index is 5.97. The number of fused-ring (bicyclic) bond motifs is 1. The van der Waals surface area contributed by atoms with E-state index in [1.807, 2.05) is 24.3 Å². The largest absolute Gasteiger partial charge is 0.511 e. The first kappa shape index (κ1) is 9.74. The fourth-order valence-corrected chi connectivity index (χ4v) is 2.82. The molecular weight excluding hydrogens is 220 g/mol. The van der Waals surface area contributed by atoms with E-state index in [4.69, 9.17) is 18.9 Å². The van der Waals surface area contributed by atoms with Crippen molar-refractivity contribution < 1.29 is 18.9 Å². The SMILES string of the molecule is c1ccc2c(c1)OC1(OCC3(CCCC3)O1)O2. The third-order valence-corrected chi connectivity index (χ3v) is 3.69. The summed E-state index contributed by atoms with van der Waals surface area (Å²) in [4.78, 5) is 0. The molecule has 0 aromatic heterocycles. The predicted octanol–water partition coefficient (Wildman–Crippen LogP) is 2.43. The molecule has 0 amide bonds. The second-order valence-corrected chi connectivity index (χ2v) is 4.93. The van der Waals surface area contributed by atoms with Crippen LogP contribution in [0.3, 0.4) is 0 Å². The molecule has 1 aromatic carbocycles. The van der Waals surface area contributed by atoms with Gasteiger partial charge in [0.15, 0.2) is 11.5 Å². The van der Waals surface area contributed by atoms with Crippen LogP contribution < -0.4 is 9.47 Å². The first-order valence-electron chi connectivity index (χ1n) is 6.11. The molecule has 3 aliphatic rings. The maximum absolute atomic E-state index is 5.97. The van der Waals surface area contributed by atoms with Crippen LogP contribution in [0.15, 0.2) is 24.3 Å². The van der Waals surface area contributed by atoms with Crippen molar-refractivity contribution in [3.63, 3.8) is 0 Å². The lowest BCUT2D eigenvalue weighted by atomic mass is 10.1. The molecule has 1 aliphatic carbocycles. The quantitative estimate of drug-likeness (QED) is 0.690. The van der Waals surface area contributed by atoms with Crippen LogP contribution in [0.4, 0.5) is 0 Å². The molecule has 0 atom stereocenters. The van der Waals surface area contributed by atoms with Gasteiger partial charge in [-0.25, -0.2) is 0 Å². The first-order chi connectivity index (χ1) is 8.29. The van der Waals surface area contributed by atoms with Gasteiger partial charge in [-0.15, -0.1) is 0 Å². The molecule has 4 nitrogen and oxygen atoms in total. The number of para-hydroxylation sites is 2. The van der Waals surface area contributed by atoms with Gasteiger partial charge < -0.3 is 9.47 Å². The second-order valence-electron chi connectivity index (χ2n) is 4.93. The molecule has 1 saturated heterocycles. The van der Waals surface area contributed by atoms with Crippen LogP contribution in [0.25, 0.3) is 0 Å². The molecule has 2 aliphatic heterocycles. The van der Waals surface area contributed by atoms with Crippen LogP contribution in [0.2, 0.25) is 0 Å². The van der Waals surface area contributed by atoms with Crippen LogP contribution in [0, 0.1) is 0 Å². The molecule has 0 bridgehead atoms. The number of hydrogen-bond donors (Lipinski definition) is 0. The Morgan fingerprint density at radius 2 is 1.59 bits per heavy atom. The van der Waals surface area contributed by atoms with Gasteiger partial charge >= 0.3 is 6.16 Å². The van der Waals surface area contributed by atoms with Gasteiger partial charge in [0.2, 0.25) is 0 Å². The highest BCUT2D eigenvalue weighted by atomic mass is 17.1. The monoisotopic (exact) mass is 234 g/mol. The molecule has 0 radical (unpaired) electrons. The Balaban J connectivity index is 1.62. The predicted molar refractivity (Wildman–Crippen MR) is 58.7 cm³/mol.